The van der Waals surface area contributed by atoms with Crippen LogP contribution in [0.3, 0.4) is 0 Å². The molecule has 0 amide bonds. The molecule has 19 heavy (non-hydrogen) atoms. The molecule has 0 aliphatic carbocycles. The van der Waals surface area contributed by atoms with E-state index in [0.717, 1.165) is 0 Å². The van der Waals surface area contributed by atoms with Crippen molar-refractivity contribution in [2.45, 2.75) is 62.9 Å². The predicted octanol–water partition coefficient (Wildman–Crippen LogP) is 5.86. The molecular formula is C13H24ClNOS2Si. The van der Waals surface area contributed by atoms with Gasteiger partial charge in [0.2, 0.25) is 0 Å². The second-order valence-corrected chi connectivity index (χ2v) is 15.8. The Hall–Kier alpha value is 0.157. The van der Waals surface area contributed by atoms with Crippen molar-refractivity contribution < 1.29 is 4.21 Å². The molecule has 2 nitrogen and oxygen atoms in total. The zero-order chi connectivity index (χ0) is 15.1. The Morgan fingerprint density at radius 2 is 1.89 bits per heavy atom. The highest BCUT2D eigenvalue weighted by Gasteiger charge is 2.37. The van der Waals surface area contributed by atoms with Crippen LogP contribution in [0.1, 0.15) is 46.1 Å². The molecule has 0 N–H and O–H groups in total. The van der Waals surface area contributed by atoms with Crippen molar-refractivity contribution in [1.82, 2.24) is 0 Å². The lowest BCUT2D eigenvalue weighted by Crippen LogP contribution is -2.35. The van der Waals surface area contributed by atoms with E-state index in [1.54, 1.807) is 0 Å². The first-order valence-electron chi connectivity index (χ1n) is 6.43. The van der Waals surface area contributed by atoms with Crippen molar-refractivity contribution in [3.63, 3.8) is 0 Å². The third-order valence-corrected chi connectivity index (χ3v) is 13.8. The zero-order valence-electron chi connectivity index (χ0n) is 12.8. The third-order valence-electron chi connectivity index (χ3n) is 3.69. The summed E-state index contributed by atoms with van der Waals surface area (Å²) >= 11 is 1.46. The van der Waals surface area contributed by atoms with Crippen molar-refractivity contribution in [2.75, 3.05) is 0 Å². The van der Waals surface area contributed by atoms with Gasteiger partial charge in [-0.05, 0) is 41.1 Å². The SMILES string of the molecule is CC(C)c1csc(S(=O)(Cl)=N[Si](C)(C)C(C)(C)C)c1. The fourth-order valence-electron chi connectivity index (χ4n) is 1.24. The molecule has 0 bridgehead atoms. The highest BCUT2D eigenvalue weighted by molar-refractivity contribution is 8.17. The molecule has 6 heteroatoms. The van der Waals surface area contributed by atoms with Crippen LogP contribution >= 0.6 is 22.0 Å². The van der Waals surface area contributed by atoms with E-state index >= 15 is 0 Å². The van der Waals surface area contributed by atoms with Crippen LogP contribution in [-0.2, 0) is 8.94 Å². The Labute approximate surface area is 127 Å². The monoisotopic (exact) mass is 337 g/mol. The van der Waals surface area contributed by atoms with Gasteiger partial charge in [0.15, 0.2) is 17.2 Å². The Balaban J connectivity index is 3.27. The molecule has 1 atom stereocenters. The maximum absolute atomic E-state index is 12.7. The lowest BCUT2D eigenvalue weighted by atomic mass is 10.1. The van der Waals surface area contributed by atoms with Crippen LogP contribution in [0, 0.1) is 0 Å². The minimum Gasteiger partial charge on any atom is -0.260 e. The average molecular weight is 338 g/mol. The first-order chi connectivity index (χ1) is 8.37. The van der Waals surface area contributed by atoms with Crippen LogP contribution < -0.4 is 0 Å². The van der Waals surface area contributed by atoms with Crippen molar-refractivity contribution in [3.8, 4) is 0 Å². The highest BCUT2D eigenvalue weighted by Crippen LogP contribution is 2.40. The van der Waals surface area contributed by atoms with Crippen molar-refractivity contribution in [1.29, 1.82) is 0 Å². The number of hydrogen-bond acceptors (Lipinski definition) is 3. The Morgan fingerprint density at radius 1 is 1.37 bits per heavy atom. The summed E-state index contributed by atoms with van der Waals surface area (Å²) in [6, 6.07) is 1.95. The molecule has 0 saturated heterocycles. The molecule has 0 saturated carbocycles. The summed E-state index contributed by atoms with van der Waals surface area (Å²) in [4.78, 5) is 0. The topological polar surface area (TPSA) is 29.4 Å². The molecule has 0 aliphatic rings. The zero-order valence-corrected chi connectivity index (χ0v) is 16.2. The summed E-state index contributed by atoms with van der Waals surface area (Å²) in [5, 5.41) is 2.08. The molecule has 0 radical (unpaired) electrons. The van der Waals surface area contributed by atoms with Crippen LogP contribution in [-0.4, -0.2) is 12.4 Å². The van der Waals surface area contributed by atoms with Gasteiger partial charge in [0.1, 0.15) is 4.21 Å². The summed E-state index contributed by atoms with van der Waals surface area (Å²) in [6.45, 7) is 14.9. The molecule has 0 aliphatic heterocycles. The van der Waals surface area contributed by atoms with E-state index in [-0.39, 0.29) is 5.04 Å². The molecule has 1 aromatic heterocycles. The summed E-state index contributed by atoms with van der Waals surface area (Å²) < 4.78 is 18.0. The lowest BCUT2D eigenvalue weighted by Gasteiger charge is -2.32. The van der Waals surface area contributed by atoms with Gasteiger partial charge in [-0.1, -0.05) is 34.6 Å². The molecule has 1 rings (SSSR count). The van der Waals surface area contributed by atoms with Crippen LogP contribution in [0.2, 0.25) is 18.1 Å². The van der Waals surface area contributed by atoms with Crippen LogP contribution in [0.4, 0.5) is 0 Å². The minimum absolute atomic E-state index is 0.0443. The predicted molar refractivity (Wildman–Crippen MR) is 90.3 cm³/mol. The maximum atomic E-state index is 12.7. The van der Waals surface area contributed by atoms with Gasteiger partial charge in [-0.2, -0.15) is 0 Å². The first-order valence-corrected chi connectivity index (χ1v) is 12.6. The minimum atomic E-state index is -2.79. The van der Waals surface area contributed by atoms with Crippen molar-refractivity contribution >= 4 is 39.2 Å². The molecular weight excluding hydrogens is 314 g/mol. The average Bonchev–Trinajstić information content (AvgIpc) is 2.62. The second kappa shape index (κ2) is 5.51. The Morgan fingerprint density at radius 3 is 2.26 bits per heavy atom. The van der Waals surface area contributed by atoms with E-state index < -0.39 is 17.2 Å². The normalized spacial score (nSPS) is 16.5. The van der Waals surface area contributed by atoms with E-state index in [4.69, 9.17) is 10.7 Å². The smallest absolute Gasteiger partial charge is 0.194 e. The van der Waals surface area contributed by atoms with Gasteiger partial charge >= 0.3 is 0 Å². The van der Waals surface area contributed by atoms with Gasteiger partial charge < -0.3 is 0 Å². The lowest BCUT2D eigenvalue weighted by molar-refractivity contribution is 0.684. The Kier molecular flexibility index (Phi) is 4.99. The number of nitrogens with zero attached hydrogens (tertiary/aromatic N) is 1. The van der Waals surface area contributed by atoms with Gasteiger partial charge in [0, 0.05) is 10.7 Å². The third kappa shape index (κ3) is 4.06. The quantitative estimate of drug-likeness (QED) is 0.502. The van der Waals surface area contributed by atoms with Crippen LogP contribution in [0.15, 0.2) is 19.7 Å². The first kappa shape index (κ1) is 17.2. The summed E-state index contributed by atoms with van der Waals surface area (Å²) in [7, 11) is 1.47. The van der Waals surface area contributed by atoms with Crippen LogP contribution in [0.5, 0.6) is 0 Å². The van der Waals surface area contributed by atoms with E-state index in [2.05, 4.69) is 51.7 Å². The van der Waals surface area contributed by atoms with Crippen LogP contribution in [0.25, 0.3) is 0 Å². The van der Waals surface area contributed by atoms with Crippen molar-refractivity contribution in [3.05, 3.63) is 17.0 Å². The molecule has 1 heterocycles. The fourth-order valence-corrected chi connectivity index (χ4v) is 9.09. The number of hydrogen-bond donors (Lipinski definition) is 0. The van der Waals surface area contributed by atoms with E-state index in [9.17, 15) is 4.21 Å². The highest BCUT2D eigenvalue weighted by atomic mass is 35.7. The number of thiophene rings is 1. The van der Waals surface area contributed by atoms with Gasteiger partial charge in [-0.3, -0.25) is 4.03 Å². The Bertz CT molecular complexity index is 563. The molecule has 110 valence electrons. The largest absolute Gasteiger partial charge is 0.260 e. The summed E-state index contributed by atoms with van der Waals surface area (Å²) in [5.74, 6) is 0.421. The van der Waals surface area contributed by atoms with Gasteiger partial charge in [-0.25, -0.2) is 4.21 Å². The summed E-state index contributed by atoms with van der Waals surface area (Å²) in [5.41, 5.74) is 1.18. The van der Waals surface area contributed by atoms with Crippen molar-refractivity contribution in [2.24, 2.45) is 4.03 Å². The molecule has 0 aromatic carbocycles. The summed E-state index contributed by atoms with van der Waals surface area (Å²) in [6.07, 6.45) is 0. The van der Waals surface area contributed by atoms with E-state index in [1.165, 1.54) is 16.9 Å². The van der Waals surface area contributed by atoms with E-state index in [0.29, 0.717) is 10.1 Å². The molecule has 0 spiro atoms. The molecule has 0 fully saturated rings. The van der Waals surface area contributed by atoms with Gasteiger partial charge in [-0.15, -0.1) is 11.3 Å². The standard InChI is InChI=1S/C13H24ClNOS2Si/c1-10(2)11-8-12(17-9-11)18(14,16)15-19(6,7)13(3,4)5/h8-10H,1-7H3. The number of rotatable bonds is 3. The fraction of sp³-hybridized carbons (Fsp3) is 0.692. The van der Waals surface area contributed by atoms with Gasteiger partial charge in [0.25, 0.3) is 0 Å². The van der Waals surface area contributed by atoms with Gasteiger partial charge in [0.05, 0.1) is 0 Å². The second-order valence-electron chi connectivity index (χ2n) is 6.71. The number of halogens is 1. The van der Waals surface area contributed by atoms with E-state index in [1.807, 2.05) is 11.4 Å². The maximum Gasteiger partial charge on any atom is 0.194 e. The molecule has 1 unspecified atom stereocenters. The molecule has 1 aromatic rings.